The van der Waals surface area contributed by atoms with E-state index in [-0.39, 0.29) is 6.04 Å². The van der Waals surface area contributed by atoms with Crippen molar-refractivity contribution in [2.75, 3.05) is 11.9 Å². The molecule has 3 N–H and O–H groups in total. The van der Waals surface area contributed by atoms with E-state index in [9.17, 15) is 0 Å². The Morgan fingerprint density at radius 3 is 2.89 bits per heavy atom. The topological polar surface area (TPSA) is 63.8 Å². The summed E-state index contributed by atoms with van der Waals surface area (Å²) in [4.78, 5) is 11.1. The Balaban J connectivity index is 2.13. The SMILES string of the molecule is Cc1sc2ncnc(NCCCC(C)N)c2c1C. The number of thiophene rings is 1. The molecule has 2 heterocycles. The second kappa shape index (κ2) is 5.63. The minimum Gasteiger partial charge on any atom is -0.369 e. The van der Waals surface area contributed by atoms with Gasteiger partial charge in [-0.05, 0) is 39.2 Å². The minimum absolute atomic E-state index is 0.266. The fraction of sp³-hybridized carbons (Fsp3) is 0.538. The van der Waals surface area contributed by atoms with E-state index >= 15 is 0 Å². The molecule has 1 unspecified atom stereocenters. The van der Waals surface area contributed by atoms with E-state index in [1.807, 2.05) is 6.92 Å². The Morgan fingerprint density at radius 2 is 2.17 bits per heavy atom. The van der Waals surface area contributed by atoms with Gasteiger partial charge in [-0.1, -0.05) is 0 Å². The lowest BCUT2D eigenvalue weighted by molar-refractivity contribution is 0.639. The van der Waals surface area contributed by atoms with Crippen LogP contribution in [0.2, 0.25) is 0 Å². The average molecular weight is 264 g/mol. The highest BCUT2D eigenvalue weighted by atomic mass is 32.1. The van der Waals surface area contributed by atoms with Crippen molar-refractivity contribution >= 4 is 27.4 Å². The molecule has 0 aromatic carbocycles. The molecule has 18 heavy (non-hydrogen) atoms. The van der Waals surface area contributed by atoms with Crippen LogP contribution in [-0.2, 0) is 0 Å². The van der Waals surface area contributed by atoms with E-state index in [2.05, 4.69) is 29.1 Å². The van der Waals surface area contributed by atoms with Crippen LogP contribution in [0, 0.1) is 13.8 Å². The Hall–Kier alpha value is -1.20. The summed E-state index contributed by atoms with van der Waals surface area (Å²) in [6.07, 6.45) is 3.72. The van der Waals surface area contributed by atoms with E-state index in [0.29, 0.717) is 0 Å². The fourth-order valence-electron chi connectivity index (χ4n) is 1.95. The molecule has 5 heteroatoms. The van der Waals surface area contributed by atoms with Crippen LogP contribution in [0.5, 0.6) is 0 Å². The minimum atomic E-state index is 0.266. The maximum atomic E-state index is 5.74. The summed E-state index contributed by atoms with van der Waals surface area (Å²) in [7, 11) is 0. The molecule has 2 aromatic heterocycles. The van der Waals surface area contributed by atoms with Crippen molar-refractivity contribution in [3.05, 3.63) is 16.8 Å². The molecule has 2 rings (SSSR count). The zero-order valence-electron chi connectivity index (χ0n) is 11.2. The second-order valence-corrected chi connectivity index (χ2v) is 5.94. The molecule has 0 spiro atoms. The van der Waals surface area contributed by atoms with E-state index in [4.69, 9.17) is 5.73 Å². The molecule has 0 saturated carbocycles. The van der Waals surface area contributed by atoms with Gasteiger partial charge in [0.2, 0.25) is 0 Å². The summed E-state index contributed by atoms with van der Waals surface area (Å²) in [6, 6.07) is 0.266. The van der Waals surface area contributed by atoms with Crippen molar-refractivity contribution in [1.29, 1.82) is 0 Å². The van der Waals surface area contributed by atoms with Crippen LogP contribution in [0.1, 0.15) is 30.2 Å². The first-order valence-electron chi connectivity index (χ1n) is 6.29. The van der Waals surface area contributed by atoms with E-state index in [1.165, 1.54) is 15.8 Å². The number of fused-ring (bicyclic) bond motifs is 1. The first kappa shape index (κ1) is 13.2. The van der Waals surface area contributed by atoms with Gasteiger partial charge in [0.15, 0.2) is 0 Å². The third-order valence-corrected chi connectivity index (χ3v) is 4.21. The summed E-state index contributed by atoms with van der Waals surface area (Å²) >= 11 is 1.73. The molecule has 1 atom stereocenters. The quantitative estimate of drug-likeness (QED) is 0.815. The Labute approximate surface area is 112 Å². The smallest absolute Gasteiger partial charge is 0.138 e. The van der Waals surface area contributed by atoms with Gasteiger partial charge < -0.3 is 11.1 Å². The van der Waals surface area contributed by atoms with Crippen molar-refractivity contribution in [3.63, 3.8) is 0 Å². The first-order valence-corrected chi connectivity index (χ1v) is 7.11. The van der Waals surface area contributed by atoms with Crippen LogP contribution in [0.4, 0.5) is 5.82 Å². The largest absolute Gasteiger partial charge is 0.369 e. The number of nitrogens with two attached hydrogens (primary N) is 1. The van der Waals surface area contributed by atoms with Gasteiger partial charge in [0.05, 0.1) is 5.39 Å². The van der Waals surface area contributed by atoms with Crippen molar-refractivity contribution < 1.29 is 0 Å². The van der Waals surface area contributed by atoms with Gasteiger partial charge in [0.25, 0.3) is 0 Å². The van der Waals surface area contributed by atoms with Gasteiger partial charge in [0, 0.05) is 17.5 Å². The monoisotopic (exact) mass is 264 g/mol. The average Bonchev–Trinajstić information content (AvgIpc) is 2.61. The third kappa shape index (κ3) is 2.79. The molecule has 0 bridgehead atoms. The van der Waals surface area contributed by atoms with Crippen molar-refractivity contribution in [1.82, 2.24) is 9.97 Å². The molecule has 2 aromatic rings. The Kier molecular flexibility index (Phi) is 4.14. The van der Waals surface area contributed by atoms with Crippen LogP contribution < -0.4 is 11.1 Å². The summed E-state index contributed by atoms with van der Waals surface area (Å²) < 4.78 is 0. The molecule has 0 radical (unpaired) electrons. The number of anilines is 1. The third-order valence-electron chi connectivity index (χ3n) is 3.09. The predicted octanol–water partition coefficient (Wildman–Crippen LogP) is 2.85. The number of hydrogen-bond donors (Lipinski definition) is 2. The molecule has 0 aliphatic heterocycles. The van der Waals surface area contributed by atoms with Crippen LogP contribution in [0.3, 0.4) is 0 Å². The van der Waals surface area contributed by atoms with Gasteiger partial charge in [0.1, 0.15) is 17.0 Å². The molecule has 98 valence electrons. The Morgan fingerprint density at radius 1 is 1.39 bits per heavy atom. The summed E-state index contributed by atoms with van der Waals surface area (Å²) in [6.45, 7) is 7.20. The fourth-order valence-corrected chi connectivity index (χ4v) is 2.94. The predicted molar refractivity (Wildman–Crippen MR) is 78.3 cm³/mol. The second-order valence-electron chi connectivity index (χ2n) is 4.73. The molecule has 0 amide bonds. The van der Waals surface area contributed by atoms with Gasteiger partial charge >= 0.3 is 0 Å². The van der Waals surface area contributed by atoms with E-state index in [1.54, 1.807) is 17.7 Å². The summed E-state index contributed by atoms with van der Waals surface area (Å²) in [5.74, 6) is 0.950. The van der Waals surface area contributed by atoms with Gasteiger partial charge in [-0.2, -0.15) is 0 Å². The van der Waals surface area contributed by atoms with Crippen LogP contribution in [0.25, 0.3) is 10.2 Å². The molecule has 0 aliphatic carbocycles. The summed E-state index contributed by atoms with van der Waals surface area (Å²) in [5, 5.41) is 4.56. The van der Waals surface area contributed by atoms with Crippen LogP contribution in [-0.4, -0.2) is 22.6 Å². The maximum absolute atomic E-state index is 5.74. The van der Waals surface area contributed by atoms with Crippen LogP contribution in [0.15, 0.2) is 6.33 Å². The molecular formula is C13H20N4S. The zero-order chi connectivity index (χ0) is 13.1. The van der Waals surface area contributed by atoms with Crippen molar-refractivity contribution in [2.24, 2.45) is 5.73 Å². The molecule has 0 saturated heterocycles. The molecular weight excluding hydrogens is 244 g/mol. The molecule has 0 aliphatic rings. The lowest BCUT2D eigenvalue weighted by atomic mass is 10.2. The number of hydrogen-bond acceptors (Lipinski definition) is 5. The number of nitrogens with zero attached hydrogens (tertiary/aromatic N) is 2. The van der Waals surface area contributed by atoms with E-state index in [0.717, 1.165) is 30.0 Å². The first-order chi connectivity index (χ1) is 8.59. The Bertz CT molecular complexity index is 533. The van der Waals surface area contributed by atoms with E-state index < -0.39 is 0 Å². The number of aromatic nitrogens is 2. The zero-order valence-corrected chi connectivity index (χ0v) is 12.0. The lowest BCUT2D eigenvalue weighted by Crippen LogP contribution is -2.16. The molecule has 4 nitrogen and oxygen atoms in total. The van der Waals surface area contributed by atoms with Gasteiger partial charge in [-0.25, -0.2) is 9.97 Å². The maximum Gasteiger partial charge on any atom is 0.138 e. The highest BCUT2D eigenvalue weighted by Gasteiger charge is 2.11. The van der Waals surface area contributed by atoms with Crippen LogP contribution >= 0.6 is 11.3 Å². The number of nitrogens with one attached hydrogen (secondary N) is 1. The van der Waals surface area contributed by atoms with Crippen molar-refractivity contribution in [3.8, 4) is 0 Å². The van der Waals surface area contributed by atoms with Crippen molar-refractivity contribution in [2.45, 2.75) is 39.7 Å². The van der Waals surface area contributed by atoms with Gasteiger partial charge in [-0.15, -0.1) is 11.3 Å². The highest BCUT2D eigenvalue weighted by molar-refractivity contribution is 7.18. The van der Waals surface area contributed by atoms with Gasteiger partial charge in [-0.3, -0.25) is 0 Å². The molecule has 0 fully saturated rings. The lowest BCUT2D eigenvalue weighted by Gasteiger charge is -2.08. The number of aryl methyl sites for hydroxylation is 2. The number of rotatable bonds is 5. The normalized spacial score (nSPS) is 12.9. The highest BCUT2D eigenvalue weighted by Crippen LogP contribution is 2.32. The standard InChI is InChI=1S/C13H20N4S/c1-8(14)5-4-6-15-12-11-9(2)10(3)18-13(11)17-7-16-12/h7-8H,4-6,14H2,1-3H3,(H,15,16,17). The summed E-state index contributed by atoms with van der Waals surface area (Å²) in [5.41, 5.74) is 7.02.